The van der Waals surface area contributed by atoms with Crippen molar-refractivity contribution in [2.75, 3.05) is 20.2 Å². The van der Waals surface area contributed by atoms with Crippen molar-refractivity contribution in [3.05, 3.63) is 33.9 Å². The lowest BCUT2D eigenvalue weighted by molar-refractivity contribution is -0.385. The quantitative estimate of drug-likeness (QED) is 0.488. The molecule has 0 radical (unpaired) electrons. The van der Waals surface area contributed by atoms with E-state index in [1.807, 2.05) is 6.92 Å². The summed E-state index contributed by atoms with van der Waals surface area (Å²) < 4.78 is 5.08. The van der Waals surface area contributed by atoms with Gasteiger partial charge < -0.3 is 9.64 Å². The molecule has 0 saturated carbocycles. The van der Waals surface area contributed by atoms with Gasteiger partial charge in [-0.2, -0.15) is 0 Å². The van der Waals surface area contributed by atoms with Crippen molar-refractivity contribution in [3.63, 3.8) is 0 Å². The highest BCUT2D eigenvalue weighted by atomic mass is 35.5. The van der Waals surface area contributed by atoms with Crippen LogP contribution in [-0.4, -0.2) is 41.3 Å². The van der Waals surface area contributed by atoms with Gasteiger partial charge >= 0.3 is 5.69 Å². The Morgan fingerprint density at radius 1 is 1.52 bits per heavy atom. The van der Waals surface area contributed by atoms with Crippen LogP contribution in [0.3, 0.4) is 0 Å². The third-order valence-corrected chi connectivity index (χ3v) is 4.36. The molecule has 0 N–H and O–H groups in total. The maximum atomic E-state index is 12.6. The third kappa shape index (κ3) is 3.10. The zero-order valence-corrected chi connectivity index (χ0v) is 12.7. The van der Waals surface area contributed by atoms with Gasteiger partial charge in [0.05, 0.1) is 17.6 Å². The van der Waals surface area contributed by atoms with Crippen molar-refractivity contribution in [1.29, 1.82) is 0 Å². The molecule has 2 atom stereocenters. The minimum absolute atomic E-state index is 0.00755. The molecule has 1 aliphatic heterocycles. The van der Waals surface area contributed by atoms with E-state index in [0.717, 1.165) is 0 Å². The zero-order chi connectivity index (χ0) is 15.6. The molecule has 1 amide bonds. The lowest BCUT2D eigenvalue weighted by atomic mass is 9.98. The van der Waals surface area contributed by atoms with Gasteiger partial charge in [-0.15, -0.1) is 11.6 Å². The molecule has 1 fully saturated rings. The summed E-state index contributed by atoms with van der Waals surface area (Å²) in [6.45, 7) is 3.07. The van der Waals surface area contributed by atoms with Gasteiger partial charge in [-0.1, -0.05) is 13.0 Å². The minimum Gasteiger partial charge on any atom is -0.490 e. The Kier molecular flexibility index (Phi) is 4.67. The number of nitro benzene ring substituents is 1. The van der Waals surface area contributed by atoms with E-state index in [4.69, 9.17) is 16.3 Å². The molecular weight excluding hydrogens is 296 g/mol. The van der Waals surface area contributed by atoms with Gasteiger partial charge in [-0.25, -0.2) is 0 Å². The normalized spacial score (nSPS) is 22.0. The van der Waals surface area contributed by atoms with Crippen LogP contribution in [0, 0.1) is 16.0 Å². The van der Waals surface area contributed by atoms with Crippen molar-refractivity contribution in [2.45, 2.75) is 18.7 Å². The van der Waals surface area contributed by atoms with Crippen LogP contribution < -0.4 is 4.74 Å². The van der Waals surface area contributed by atoms with Gasteiger partial charge in [0.25, 0.3) is 5.91 Å². The fraction of sp³-hybridized carbons (Fsp3) is 0.500. The van der Waals surface area contributed by atoms with Crippen LogP contribution >= 0.6 is 11.6 Å². The molecule has 6 nitrogen and oxygen atoms in total. The fourth-order valence-electron chi connectivity index (χ4n) is 2.52. The number of ether oxygens (including phenoxy) is 1. The maximum absolute atomic E-state index is 12.6. The van der Waals surface area contributed by atoms with E-state index in [1.165, 1.54) is 19.2 Å². The predicted molar refractivity (Wildman–Crippen MR) is 79.0 cm³/mol. The van der Waals surface area contributed by atoms with Crippen molar-refractivity contribution >= 4 is 23.2 Å². The highest BCUT2D eigenvalue weighted by Crippen LogP contribution is 2.32. The predicted octanol–water partition coefficient (Wildman–Crippen LogP) is 2.69. The van der Waals surface area contributed by atoms with E-state index >= 15 is 0 Å². The van der Waals surface area contributed by atoms with Crippen LogP contribution in [0.2, 0.25) is 0 Å². The van der Waals surface area contributed by atoms with Crippen LogP contribution in [0.15, 0.2) is 18.2 Å². The summed E-state index contributed by atoms with van der Waals surface area (Å²) in [7, 11) is 1.33. The van der Waals surface area contributed by atoms with Gasteiger partial charge in [0.2, 0.25) is 5.75 Å². The van der Waals surface area contributed by atoms with E-state index in [1.54, 1.807) is 11.0 Å². The second-order valence-corrected chi connectivity index (χ2v) is 5.71. The number of halogens is 1. The number of hydrogen-bond donors (Lipinski definition) is 0. The van der Waals surface area contributed by atoms with Gasteiger partial charge in [-0.3, -0.25) is 14.9 Å². The molecule has 114 valence electrons. The standard InChI is InChI=1S/C14H17ClN2O4/c1-9-8-16(7-6-11(9)15)14(18)10-4-3-5-12(17(19)20)13(10)21-2/h3-5,9,11H,6-8H2,1-2H3. The molecule has 1 saturated heterocycles. The molecule has 0 aromatic heterocycles. The van der Waals surface area contributed by atoms with Crippen molar-refractivity contribution in [2.24, 2.45) is 5.92 Å². The summed E-state index contributed by atoms with van der Waals surface area (Å²) in [5.41, 5.74) is 0.00977. The number of likely N-dealkylation sites (tertiary alicyclic amines) is 1. The van der Waals surface area contributed by atoms with E-state index in [-0.39, 0.29) is 34.2 Å². The topological polar surface area (TPSA) is 72.7 Å². The monoisotopic (exact) mass is 312 g/mol. The first-order valence-electron chi connectivity index (χ1n) is 6.70. The molecule has 2 unspecified atom stereocenters. The molecule has 1 aliphatic rings. The average molecular weight is 313 g/mol. The van der Waals surface area contributed by atoms with Crippen LogP contribution in [0.4, 0.5) is 5.69 Å². The van der Waals surface area contributed by atoms with Crippen LogP contribution in [0.25, 0.3) is 0 Å². The first-order chi connectivity index (χ1) is 9.95. The molecule has 0 aliphatic carbocycles. The Morgan fingerprint density at radius 2 is 2.24 bits per heavy atom. The molecule has 1 aromatic carbocycles. The Labute approximate surface area is 127 Å². The summed E-state index contributed by atoms with van der Waals surface area (Å²) in [6, 6.07) is 4.36. The van der Waals surface area contributed by atoms with Gasteiger partial charge in [0.1, 0.15) is 0 Å². The summed E-state index contributed by atoms with van der Waals surface area (Å²) in [5, 5.41) is 11.1. The first kappa shape index (κ1) is 15.6. The van der Waals surface area contributed by atoms with E-state index in [9.17, 15) is 14.9 Å². The Hall–Kier alpha value is -1.82. The van der Waals surface area contributed by atoms with E-state index < -0.39 is 4.92 Å². The zero-order valence-electron chi connectivity index (χ0n) is 11.9. The molecule has 0 spiro atoms. The molecular formula is C14H17ClN2O4. The molecule has 1 heterocycles. The third-order valence-electron chi connectivity index (χ3n) is 3.71. The summed E-state index contributed by atoms with van der Waals surface area (Å²) in [4.78, 5) is 24.7. The lowest BCUT2D eigenvalue weighted by Crippen LogP contribution is -2.43. The van der Waals surface area contributed by atoms with Gasteiger partial charge in [-0.05, 0) is 18.4 Å². The number of nitro groups is 1. The number of rotatable bonds is 3. The van der Waals surface area contributed by atoms with Gasteiger partial charge in [0.15, 0.2) is 0 Å². The van der Waals surface area contributed by atoms with Crippen LogP contribution in [-0.2, 0) is 0 Å². The van der Waals surface area contributed by atoms with Gasteiger partial charge in [0, 0.05) is 24.5 Å². The van der Waals surface area contributed by atoms with Crippen molar-refractivity contribution in [3.8, 4) is 5.75 Å². The summed E-state index contributed by atoms with van der Waals surface area (Å²) in [6.07, 6.45) is 0.714. The minimum atomic E-state index is -0.552. The Balaban J connectivity index is 2.31. The Bertz CT molecular complexity index is 564. The van der Waals surface area contributed by atoms with Crippen LogP contribution in [0.1, 0.15) is 23.7 Å². The highest BCUT2D eigenvalue weighted by molar-refractivity contribution is 6.20. The smallest absolute Gasteiger partial charge is 0.311 e. The largest absolute Gasteiger partial charge is 0.490 e. The SMILES string of the molecule is COc1c(C(=O)N2CCC(Cl)C(C)C2)cccc1[N+](=O)[O-]. The van der Waals surface area contributed by atoms with Crippen molar-refractivity contribution < 1.29 is 14.5 Å². The number of benzene rings is 1. The van der Waals surface area contributed by atoms with E-state index in [0.29, 0.717) is 19.5 Å². The maximum Gasteiger partial charge on any atom is 0.311 e. The fourth-order valence-corrected chi connectivity index (χ4v) is 2.70. The highest BCUT2D eigenvalue weighted by Gasteiger charge is 2.31. The summed E-state index contributed by atoms with van der Waals surface area (Å²) >= 11 is 6.16. The van der Waals surface area contributed by atoms with Crippen LogP contribution in [0.5, 0.6) is 5.75 Å². The number of amides is 1. The lowest BCUT2D eigenvalue weighted by Gasteiger charge is -2.34. The Morgan fingerprint density at radius 3 is 2.81 bits per heavy atom. The number of carbonyl (C=O) groups is 1. The molecule has 7 heteroatoms. The number of alkyl halides is 1. The molecule has 21 heavy (non-hydrogen) atoms. The number of carbonyl (C=O) groups excluding carboxylic acids is 1. The number of para-hydroxylation sites is 1. The second-order valence-electron chi connectivity index (χ2n) is 5.15. The molecule has 0 bridgehead atoms. The number of hydrogen-bond acceptors (Lipinski definition) is 4. The second kappa shape index (κ2) is 6.30. The average Bonchev–Trinajstić information content (AvgIpc) is 2.48. The number of piperidine rings is 1. The number of nitrogens with zero attached hydrogens (tertiary/aromatic N) is 2. The molecule has 2 rings (SSSR count). The van der Waals surface area contributed by atoms with Crippen molar-refractivity contribution in [1.82, 2.24) is 4.90 Å². The molecule has 1 aromatic rings. The van der Waals surface area contributed by atoms with E-state index in [2.05, 4.69) is 0 Å². The number of methoxy groups -OCH3 is 1. The summed E-state index contributed by atoms with van der Waals surface area (Å²) in [5.74, 6) is -0.0619. The first-order valence-corrected chi connectivity index (χ1v) is 7.14.